The van der Waals surface area contributed by atoms with Gasteiger partial charge in [-0.1, -0.05) is 6.92 Å². The lowest BCUT2D eigenvalue weighted by Crippen LogP contribution is -2.23. The molecule has 2 aromatic rings. The number of aliphatic carboxylic acids is 1. The first-order valence-electron chi connectivity index (χ1n) is 6.11. The van der Waals surface area contributed by atoms with Crippen LogP contribution in [0.1, 0.15) is 13.3 Å². The van der Waals surface area contributed by atoms with Gasteiger partial charge in [0.25, 0.3) is 0 Å². The molecule has 6 heteroatoms. The summed E-state index contributed by atoms with van der Waals surface area (Å²) in [6.45, 7) is 2.55. The molecule has 0 amide bonds. The normalized spacial score (nSPS) is 10.9. The minimum absolute atomic E-state index is 0.233. The number of halogens is 1. The van der Waals surface area contributed by atoms with Crippen molar-refractivity contribution in [1.29, 1.82) is 0 Å². The second-order valence-electron chi connectivity index (χ2n) is 4.45. The maximum atomic E-state index is 13.3. The van der Waals surface area contributed by atoms with E-state index in [1.54, 1.807) is 6.07 Å². The molecule has 2 rings (SSSR count). The number of rotatable bonds is 5. The van der Waals surface area contributed by atoms with Crippen LogP contribution in [0.4, 0.5) is 10.3 Å². The van der Waals surface area contributed by atoms with Gasteiger partial charge in [0.1, 0.15) is 12.4 Å². The Kier molecular flexibility index (Phi) is 3.69. The summed E-state index contributed by atoms with van der Waals surface area (Å²) in [4.78, 5) is 17.2. The number of imidazole rings is 1. The monoisotopic (exact) mass is 265 g/mol. The van der Waals surface area contributed by atoms with Crippen molar-refractivity contribution in [2.75, 3.05) is 18.5 Å². The van der Waals surface area contributed by atoms with Crippen molar-refractivity contribution in [2.24, 2.45) is 0 Å². The zero-order valence-electron chi connectivity index (χ0n) is 10.9. The van der Waals surface area contributed by atoms with Gasteiger partial charge in [-0.2, -0.15) is 0 Å². The van der Waals surface area contributed by atoms with Gasteiger partial charge in [-0.25, -0.2) is 9.37 Å². The van der Waals surface area contributed by atoms with Gasteiger partial charge >= 0.3 is 5.97 Å². The van der Waals surface area contributed by atoms with Gasteiger partial charge in [0.2, 0.25) is 5.95 Å². The molecule has 0 fully saturated rings. The highest BCUT2D eigenvalue weighted by Gasteiger charge is 2.16. The average molecular weight is 265 g/mol. The third-order valence-electron chi connectivity index (χ3n) is 2.88. The first-order valence-corrected chi connectivity index (χ1v) is 6.11. The van der Waals surface area contributed by atoms with Gasteiger partial charge in [0.05, 0.1) is 11.0 Å². The molecule has 1 aromatic carbocycles. The quantitative estimate of drug-likeness (QED) is 0.899. The Hall–Kier alpha value is -2.11. The largest absolute Gasteiger partial charge is 0.480 e. The number of nitrogens with zero attached hydrogens (tertiary/aromatic N) is 3. The minimum atomic E-state index is -0.977. The third-order valence-corrected chi connectivity index (χ3v) is 2.88. The number of hydrogen-bond donors (Lipinski definition) is 1. The number of benzene rings is 1. The molecule has 0 atom stereocenters. The topological polar surface area (TPSA) is 58.4 Å². The fourth-order valence-corrected chi connectivity index (χ4v) is 2.10. The van der Waals surface area contributed by atoms with Crippen LogP contribution < -0.4 is 4.90 Å². The summed E-state index contributed by atoms with van der Waals surface area (Å²) in [5.41, 5.74) is 1.10. The number of hydrogen-bond acceptors (Lipinski definition) is 3. The van der Waals surface area contributed by atoms with Crippen LogP contribution >= 0.6 is 0 Å². The molecule has 1 N–H and O–H groups in total. The van der Waals surface area contributed by atoms with E-state index in [0.29, 0.717) is 17.0 Å². The average Bonchev–Trinajstić information content (AvgIpc) is 2.67. The molecule has 1 heterocycles. The van der Waals surface area contributed by atoms with Gasteiger partial charge in [0, 0.05) is 13.6 Å². The van der Waals surface area contributed by atoms with Gasteiger partial charge in [-0.3, -0.25) is 9.36 Å². The molecule has 0 radical (unpaired) electrons. The number of fused-ring (bicyclic) bond motifs is 1. The summed E-state index contributed by atoms with van der Waals surface area (Å²) in [5, 5.41) is 8.99. The van der Waals surface area contributed by atoms with Gasteiger partial charge in [0.15, 0.2) is 0 Å². The second kappa shape index (κ2) is 5.26. The molecule has 0 aliphatic rings. The van der Waals surface area contributed by atoms with E-state index in [-0.39, 0.29) is 6.54 Å². The van der Waals surface area contributed by atoms with Crippen molar-refractivity contribution in [1.82, 2.24) is 9.55 Å². The predicted octanol–water partition coefficient (Wildman–Crippen LogP) is 2.11. The standard InChI is InChI=1S/C13H16FN3O2/c1-3-6-16(2)13-15-10-5-4-9(14)7-11(10)17(13)8-12(18)19/h4-5,7H,3,6,8H2,1-2H3,(H,18,19). The fourth-order valence-electron chi connectivity index (χ4n) is 2.10. The molecule has 1 aromatic heterocycles. The highest BCUT2D eigenvalue weighted by Crippen LogP contribution is 2.23. The number of carboxylic acid groups (broad SMARTS) is 1. The van der Waals surface area contributed by atoms with E-state index >= 15 is 0 Å². The van der Waals surface area contributed by atoms with Crippen LogP contribution in [0.3, 0.4) is 0 Å². The van der Waals surface area contributed by atoms with Crippen molar-refractivity contribution < 1.29 is 14.3 Å². The van der Waals surface area contributed by atoms with Crippen molar-refractivity contribution >= 4 is 23.0 Å². The van der Waals surface area contributed by atoms with E-state index < -0.39 is 11.8 Å². The summed E-state index contributed by atoms with van der Waals surface area (Å²) in [7, 11) is 1.85. The van der Waals surface area contributed by atoms with Crippen molar-refractivity contribution in [3.05, 3.63) is 24.0 Å². The molecule has 5 nitrogen and oxygen atoms in total. The van der Waals surface area contributed by atoms with E-state index in [2.05, 4.69) is 4.98 Å². The maximum Gasteiger partial charge on any atom is 0.323 e. The number of aromatic nitrogens is 2. The summed E-state index contributed by atoms with van der Waals surface area (Å²) in [6.07, 6.45) is 0.918. The highest BCUT2D eigenvalue weighted by molar-refractivity contribution is 5.81. The smallest absolute Gasteiger partial charge is 0.323 e. The summed E-state index contributed by atoms with van der Waals surface area (Å²) in [6, 6.07) is 4.20. The summed E-state index contributed by atoms with van der Waals surface area (Å²) in [5.74, 6) is -0.830. The molecule has 0 saturated heterocycles. The summed E-state index contributed by atoms with van der Waals surface area (Å²) < 4.78 is 14.8. The molecule has 0 bridgehead atoms. The molecule has 0 aliphatic carbocycles. The Morgan fingerprint density at radius 3 is 2.89 bits per heavy atom. The Labute approximate surface area is 110 Å². The van der Waals surface area contributed by atoms with Gasteiger partial charge < -0.3 is 10.0 Å². The van der Waals surface area contributed by atoms with Crippen LogP contribution in [0.15, 0.2) is 18.2 Å². The van der Waals surface area contributed by atoms with Crippen molar-refractivity contribution in [3.8, 4) is 0 Å². The zero-order chi connectivity index (χ0) is 14.0. The molecular formula is C13H16FN3O2. The molecule has 0 unspecified atom stereocenters. The van der Waals surface area contributed by atoms with Crippen LogP contribution in [0.25, 0.3) is 11.0 Å². The number of carbonyl (C=O) groups is 1. The minimum Gasteiger partial charge on any atom is -0.480 e. The first-order chi connectivity index (χ1) is 9.02. The molecule has 0 saturated carbocycles. The first kappa shape index (κ1) is 13.3. The van der Waals surface area contributed by atoms with E-state index in [4.69, 9.17) is 5.11 Å². The molecule has 102 valence electrons. The summed E-state index contributed by atoms with van der Waals surface area (Å²) >= 11 is 0. The van der Waals surface area contributed by atoms with E-state index in [1.807, 2.05) is 18.9 Å². The maximum absolute atomic E-state index is 13.3. The number of carboxylic acids is 1. The van der Waals surface area contributed by atoms with Crippen molar-refractivity contribution in [3.63, 3.8) is 0 Å². The molecule has 0 spiro atoms. The Morgan fingerprint density at radius 2 is 2.26 bits per heavy atom. The van der Waals surface area contributed by atoms with E-state index in [0.717, 1.165) is 13.0 Å². The zero-order valence-corrected chi connectivity index (χ0v) is 10.9. The van der Waals surface area contributed by atoms with Gasteiger partial charge in [-0.05, 0) is 24.6 Å². The lowest BCUT2D eigenvalue weighted by Gasteiger charge is -2.18. The Morgan fingerprint density at radius 1 is 1.53 bits per heavy atom. The lowest BCUT2D eigenvalue weighted by molar-refractivity contribution is -0.137. The van der Waals surface area contributed by atoms with Crippen molar-refractivity contribution in [2.45, 2.75) is 19.9 Å². The van der Waals surface area contributed by atoms with E-state index in [1.165, 1.54) is 16.7 Å². The fraction of sp³-hybridized carbons (Fsp3) is 0.385. The number of anilines is 1. The molecule has 19 heavy (non-hydrogen) atoms. The third kappa shape index (κ3) is 2.67. The van der Waals surface area contributed by atoms with E-state index in [9.17, 15) is 9.18 Å². The van der Waals surface area contributed by atoms with Crippen LogP contribution in [0, 0.1) is 5.82 Å². The second-order valence-corrected chi connectivity index (χ2v) is 4.45. The lowest BCUT2D eigenvalue weighted by atomic mass is 10.3. The molecular weight excluding hydrogens is 249 g/mol. The van der Waals surface area contributed by atoms with Gasteiger partial charge in [-0.15, -0.1) is 0 Å². The molecule has 0 aliphatic heterocycles. The predicted molar refractivity (Wildman–Crippen MR) is 70.9 cm³/mol. The van der Waals surface area contributed by atoms with Crippen LogP contribution in [-0.2, 0) is 11.3 Å². The SMILES string of the molecule is CCCN(C)c1nc2ccc(F)cc2n1CC(=O)O. The Balaban J connectivity index is 2.57. The Bertz CT molecular complexity index is 609. The van der Waals surface area contributed by atoms with Crippen LogP contribution in [0.5, 0.6) is 0 Å². The van der Waals surface area contributed by atoms with Crippen LogP contribution in [-0.4, -0.2) is 34.2 Å². The van der Waals surface area contributed by atoms with Crippen LogP contribution in [0.2, 0.25) is 0 Å². The highest BCUT2D eigenvalue weighted by atomic mass is 19.1.